The van der Waals surface area contributed by atoms with Gasteiger partial charge in [0.05, 0.1) is 0 Å². The molecule has 1 unspecified atom stereocenters. The molecule has 0 aromatic heterocycles. The average Bonchev–Trinajstić information content (AvgIpc) is 2.32. The molecule has 1 saturated carbocycles. The maximum absolute atomic E-state index is 11.3. The zero-order valence-corrected chi connectivity index (χ0v) is 16.5. The Morgan fingerprint density at radius 3 is 1.42 bits per heavy atom. The third kappa shape index (κ3) is 7.22. The van der Waals surface area contributed by atoms with Crippen LogP contribution in [0.15, 0.2) is 0 Å². The first kappa shape index (κ1) is 23.5. The van der Waals surface area contributed by atoms with E-state index in [2.05, 4.69) is 49.4 Å². The number of rotatable bonds is 6. The largest absolute Gasteiger partial charge is 0.387 e. The van der Waals surface area contributed by atoms with Crippen LogP contribution in [0.1, 0.15) is 0 Å². The second-order valence-corrected chi connectivity index (χ2v) is 12.6. The molecular weight excluding hydrogens is 453 g/mol. The minimum absolute atomic E-state index is 1.97. The molecule has 0 radical (unpaired) electrons. The quantitative estimate of drug-likeness (QED) is 0.148. The minimum Gasteiger partial charge on any atom is -0.387 e. The second-order valence-electron chi connectivity index (χ2n) is 4.65. The summed E-state index contributed by atoms with van der Waals surface area (Å²) in [5.74, 6) is 0. The molecule has 0 aromatic rings. The first-order valence-corrected chi connectivity index (χ1v) is 13.8. The molecule has 1 aliphatic carbocycles. The van der Waals surface area contributed by atoms with Crippen molar-refractivity contribution in [1.29, 1.82) is 0 Å². The Bertz CT molecular complexity index is 585. The molecule has 1 fully saturated rings. The molecular formula is C6H15O12P3S3. The number of hydrogen-bond donors (Lipinski definition) is 9. The van der Waals surface area contributed by atoms with Crippen LogP contribution in [0.4, 0.5) is 0 Å². The van der Waals surface area contributed by atoms with Crippen molar-refractivity contribution in [1.82, 2.24) is 0 Å². The highest BCUT2D eigenvalue weighted by Crippen LogP contribution is 2.53. The van der Waals surface area contributed by atoms with Gasteiger partial charge in [0.1, 0.15) is 36.6 Å². The lowest BCUT2D eigenvalue weighted by Gasteiger charge is -2.45. The van der Waals surface area contributed by atoms with Crippen molar-refractivity contribution in [3.05, 3.63) is 0 Å². The minimum atomic E-state index is -4.62. The van der Waals surface area contributed by atoms with Crippen molar-refractivity contribution in [2.75, 3.05) is 0 Å². The fraction of sp³-hybridized carbons (Fsp3) is 1.00. The van der Waals surface area contributed by atoms with E-state index in [4.69, 9.17) is 14.7 Å². The molecule has 0 spiro atoms. The van der Waals surface area contributed by atoms with Crippen LogP contribution < -0.4 is 0 Å². The SMILES string of the molecule is O=P(O)(S)O[C@@H]1[C@@H](O)[C@@H](OP(O)(O)=S)[C@@H](O)[C@H](O)[C@H]1OP(O)(O)=S. The first-order valence-electron chi connectivity index (χ1n) is 5.78. The standard InChI is InChI=1S/C6H15O12P3S3/c7-1-2(8)5(17-20(12,13)23)6(18-21(14,15)24)3(9)4(1)16-19(10,11)22/h1-9H,(H2,10,11,22)(H2,12,13,23)(H2,14,15,24)/t1-,2-,3-,4-,5+,6+/m0/s1. The molecule has 8 N–H and O–H groups in total. The molecule has 0 heterocycles. The van der Waals surface area contributed by atoms with Crippen molar-refractivity contribution in [2.24, 2.45) is 0 Å². The fourth-order valence-corrected chi connectivity index (χ4v) is 4.62. The van der Waals surface area contributed by atoms with E-state index in [1.165, 1.54) is 0 Å². The number of aliphatic hydroxyl groups is 3. The molecule has 1 rings (SSSR count). The van der Waals surface area contributed by atoms with Crippen LogP contribution in [0.3, 0.4) is 0 Å². The van der Waals surface area contributed by atoms with Gasteiger partial charge in [-0.2, -0.15) is 0 Å². The summed E-state index contributed by atoms with van der Waals surface area (Å²) < 4.78 is 24.9. The van der Waals surface area contributed by atoms with Gasteiger partial charge < -0.3 is 39.8 Å². The van der Waals surface area contributed by atoms with E-state index in [0.29, 0.717) is 0 Å². The monoisotopic (exact) mass is 468 g/mol. The van der Waals surface area contributed by atoms with E-state index in [9.17, 15) is 29.7 Å². The van der Waals surface area contributed by atoms with Crippen LogP contribution in [0, 0.1) is 0 Å². The third-order valence-corrected chi connectivity index (χ3v) is 5.15. The Hall–Kier alpha value is 1.44. The van der Waals surface area contributed by atoms with Crippen molar-refractivity contribution in [2.45, 2.75) is 36.6 Å². The van der Waals surface area contributed by atoms with Crippen LogP contribution in [0.25, 0.3) is 0 Å². The van der Waals surface area contributed by atoms with Crippen molar-refractivity contribution < 1.29 is 57.9 Å². The normalized spacial score (nSPS) is 37.9. The molecule has 24 heavy (non-hydrogen) atoms. The molecule has 0 aromatic carbocycles. The molecule has 0 saturated heterocycles. The maximum atomic E-state index is 11.3. The Morgan fingerprint density at radius 1 is 0.708 bits per heavy atom. The number of hydrogen-bond acceptors (Lipinski definition) is 9. The Labute approximate surface area is 150 Å². The summed E-state index contributed by atoms with van der Waals surface area (Å²) in [7, 11) is 0. The molecule has 0 amide bonds. The van der Waals surface area contributed by atoms with E-state index in [1.807, 2.05) is 0 Å². The van der Waals surface area contributed by atoms with Gasteiger partial charge in [-0.15, -0.1) is 0 Å². The zero-order valence-electron chi connectivity index (χ0n) is 11.3. The lowest BCUT2D eigenvalue weighted by atomic mass is 9.85. The summed E-state index contributed by atoms with van der Waals surface area (Å²) in [6.07, 6.45) is -12.3. The lowest BCUT2D eigenvalue weighted by Crippen LogP contribution is -2.65. The lowest BCUT2D eigenvalue weighted by molar-refractivity contribution is -0.207. The highest BCUT2D eigenvalue weighted by atomic mass is 32.7. The van der Waals surface area contributed by atoms with E-state index < -0.39 is 56.9 Å². The Balaban J connectivity index is 3.23. The van der Waals surface area contributed by atoms with Gasteiger partial charge in [-0.25, -0.2) is 4.57 Å². The average molecular weight is 468 g/mol. The summed E-state index contributed by atoms with van der Waals surface area (Å²) in [6.45, 7) is -13.5. The summed E-state index contributed by atoms with van der Waals surface area (Å²) in [5.41, 5.74) is 0. The molecule has 12 nitrogen and oxygen atoms in total. The topological polar surface area (TPSA) is 207 Å². The first-order chi connectivity index (χ1) is 10.5. The van der Waals surface area contributed by atoms with Gasteiger partial charge in [0.2, 0.25) is 0 Å². The molecule has 0 bridgehead atoms. The van der Waals surface area contributed by atoms with Crippen LogP contribution >= 0.6 is 32.5 Å². The predicted molar refractivity (Wildman–Crippen MR) is 88.9 cm³/mol. The van der Waals surface area contributed by atoms with Crippen LogP contribution in [-0.4, -0.2) is 76.4 Å². The van der Waals surface area contributed by atoms with Gasteiger partial charge in [0, 0.05) is 0 Å². The summed E-state index contributed by atoms with van der Waals surface area (Å²) in [5, 5.41) is 30.0. The highest BCUT2D eigenvalue weighted by Gasteiger charge is 2.55. The van der Waals surface area contributed by atoms with Gasteiger partial charge in [-0.1, -0.05) is 12.2 Å². The van der Waals surface area contributed by atoms with E-state index in [1.54, 1.807) is 0 Å². The third-order valence-electron chi connectivity index (χ3n) is 2.80. The van der Waals surface area contributed by atoms with E-state index in [-0.39, 0.29) is 0 Å². The Morgan fingerprint density at radius 2 is 1.04 bits per heavy atom. The van der Waals surface area contributed by atoms with Crippen LogP contribution in [0.5, 0.6) is 0 Å². The number of thiol groups is 1. The van der Waals surface area contributed by atoms with Gasteiger partial charge in [0.25, 0.3) is 0 Å². The van der Waals surface area contributed by atoms with Gasteiger partial charge in [-0.05, 0) is 23.6 Å². The molecule has 7 atom stereocenters. The summed E-state index contributed by atoms with van der Waals surface area (Å²) >= 11 is 11.6. The van der Waals surface area contributed by atoms with Crippen molar-refractivity contribution in [3.63, 3.8) is 0 Å². The summed E-state index contributed by atoms with van der Waals surface area (Å²) in [4.78, 5) is 45.8. The Kier molecular flexibility index (Phi) is 8.03. The molecule has 1 aliphatic rings. The second kappa shape index (κ2) is 8.21. The molecule has 0 aliphatic heterocycles. The smallest absolute Gasteiger partial charge is 0.383 e. The van der Waals surface area contributed by atoms with Crippen molar-refractivity contribution in [3.8, 4) is 0 Å². The van der Waals surface area contributed by atoms with Gasteiger partial charge in [-0.3, -0.25) is 13.6 Å². The summed E-state index contributed by atoms with van der Waals surface area (Å²) in [6, 6.07) is 0. The van der Waals surface area contributed by atoms with Crippen molar-refractivity contribution >= 4 is 56.1 Å². The van der Waals surface area contributed by atoms with Crippen LogP contribution in [0.2, 0.25) is 0 Å². The van der Waals surface area contributed by atoms with E-state index >= 15 is 0 Å². The predicted octanol–water partition coefficient (Wildman–Crippen LogP) is -2.31. The zero-order chi connectivity index (χ0) is 19.1. The van der Waals surface area contributed by atoms with Crippen LogP contribution in [-0.2, 0) is 41.8 Å². The van der Waals surface area contributed by atoms with E-state index in [0.717, 1.165) is 0 Å². The highest BCUT2D eigenvalue weighted by molar-refractivity contribution is 8.44. The van der Waals surface area contributed by atoms with Gasteiger partial charge >= 0.3 is 20.2 Å². The van der Waals surface area contributed by atoms with Gasteiger partial charge in [0.15, 0.2) is 0 Å². The fourth-order valence-electron chi connectivity index (χ4n) is 2.01. The molecule has 144 valence electrons. The number of aliphatic hydroxyl groups excluding tert-OH is 3. The molecule has 18 heteroatoms. The maximum Gasteiger partial charge on any atom is 0.383 e.